The highest BCUT2D eigenvalue weighted by Gasteiger charge is 2.03. The van der Waals surface area contributed by atoms with Crippen molar-refractivity contribution in [3.05, 3.63) is 29.8 Å². The minimum absolute atomic E-state index is 0.283. The molecule has 0 fully saturated rings. The zero-order valence-electron chi connectivity index (χ0n) is 9.06. The summed E-state index contributed by atoms with van der Waals surface area (Å²) in [4.78, 5) is 10.6. The third kappa shape index (κ3) is 3.62. The van der Waals surface area contributed by atoms with Crippen LogP contribution in [0.15, 0.2) is 24.3 Å². The average molecular weight is 208 g/mol. The van der Waals surface area contributed by atoms with E-state index in [0.29, 0.717) is 12.5 Å². The molecule has 0 heterocycles. The van der Waals surface area contributed by atoms with E-state index in [-0.39, 0.29) is 5.56 Å². The molecule has 3 heteroatoms. The second kappa shape index (κ2) is 5.39. The van der Waals surface area contributed by atoms with Gasteiger partial charge in [0.2, 0.25) is 0 Å². The molecule has 0 saturated carbocycles. The topological polar surface area (TPSA) is 46.5 Å². The molecule has 1 aromatic rings. The Morgan fingerprint density at radius 2 is 2.00 bits per heavy atom. The van der Waals surface area contributed by atoms with Crippen molar-refractivity contribution < 1.29 is 14.6 Å². The third-order valence-electron chi connectivity index (χ3n) is 2.33. The molecule has 0 aromatic heterocycles. The Hall–Kier alpha value is -1.51. The number of ether oxygens (including phenoxy) is 1. The van der Waals surface area contributed by atoms with Crippen LogP contribution in [0.5, 0.6) is 5.75 Å². The smallest absolute Gasteiger partial charge is 0.335 e. The lowest BCUT2D eigenvalue weighted by molar-refractivity contribution is 0.0697. The van der Waals surface area contributed by atoms with E-state index < -0.39 is 5.97 Å². The SMILES string of the molecule is CC[C@H](C)COc1ccc(C(=O)O)cc1. The van der Waals surface area contributed by atoms with Gasteiger partial charge in [0.25, 0.3) is 0 Å². The maximum absolute atomic E-state index is 10.6. The van der Waals surface area contributed by atoms with Crippen LogP contribution in [0.25, 0.3) is 0 Å². The van der Waals surface area contributed by atoms with Gasteiger partial charge in [0.15, 0.2) is 0 Å². The predicted octanol–water partition coefficient (Wildman–Crippen LogP) is 2.81. The van der Waals surface area contributed by atoms with Gasteiger partial charge in [-0.15, -0.1) is 0 Å². The van der Waals surface area contributed by atoms with Crippen LogP contribution in [0, 0.1) is 5.92 Å². The van der Waals surface area contributed by atoms with Gasteiger partial charge in [-0.05, 0) is 30.2 Å². The van der Waals surface area contributed by atoms with Crippen molar-refractivity contribution in [1.29, 1.82) is 0 Å². The van der Waals surface area contributed by atoms with Gasteiger partial charge >= 0.3 is 5.97 Å². The Morgan fingerprint density at radius 1 is 1.40 bits per heavy atom. The summed E-state index contributed by atoms with van der Waals surface area (Å²) in [6.07, 6.45) is 1.08. The minimum atomic E-state index is -0.913. The number of carbonyl (C=O) groups is 1. The fraction of sp³-hybridized carbons (Fsp3) is 0.417. The molecule has 0 bridgehead atoms. The summed E-state index contributed by atoms with van der Waals surface area (Å²) in [5.41, 5.74) is 0.283. The molecule has 0 unspecified atom stereocenters. The first-order valence-corrected chi connectivity index (χ1v) is 5.09. The fourth-order valence-corrected chi connectivity index (χ4v) is 1.05. The van der Waals surface area contributed by atoms with E-state index in [9.17, 15) is 4.79 Å². The van der Waals surface area contributed by atoms with Crippen LogP contribution in [-0.4, -0.2) is 17.7 Å². The highest BCUT2D eigenvalue weighted by molar-refractivity contribution is 5.87. The van der Waals surface area contributed by atoms with Gasteiger partial charge in [-0.3, -0.25) is 0 Å². The largest absolute Gasteiger partial charge is 0.493 e. The van der Waals surface area contributed by atoms with Crippen molar-refractivity contribution in [2.75, 3.05) is 6.61 Å². The van der Waals surface area contributed by atoms with E-state index in [1.165, 1.54) is 0 Å². The predicted molar refractivity (Wildman–Crippen MR) is 58.4 cm³/mol. The number of rotatable bonds is 5. The van der Waals surface area contributed by atoms with E-state index in [2.05, 4.69) is 13.8 Å². The first kappa shape index (κ1) is 11.6. The van der Waals surface area contributed by atoms with Gasteiger partial charge in [0.1, 0.15) is 5.75 Å². The Balaban J connectivity index is 2.53. The standard InChI is InChI=1S/C12H16O3/c1-3-9(2)8-15-11-6-4-10(5-7-11)12(13)14/h4-7,9H,3,8H2,1-2H3,(H,13,14)/t9-/m0/s1. The maximum Gasteiger partial charge on any atom is 0.335 e. The van der Waals surface area contributed by atoms with E-state index in [0.717, 1.165) is 12.2 Å². The number of hydrogen-bond acceptors (Lipinski definition) is 2. The first-order chi connectivity index (χ1) is 7.13. The van der Waals surface area contributed by atoms with E-state index in [1.54, 1.807) is 24.3 Å². The molecule has 82 valence electrons. The number of hydrogen-bond donors (Lipinski definition) is 1. The molecule has 1 rings (SSSR count). The summed E-state index contributed by atoms with van der Waals surface area (Å²) >= 11 is 0. The van der Waals surface area contributed by atoms with Crippen LogP contribution in [0.4, 0.5) is 0 Å². The van der Waals surface area contributed by atoms with Crippen LogP contribution in [0.1, 0.15) is 30.6 Å². The quantitative estimate of drug-likeness (QED) is 0.809. The highest BCUT2D eigenvalue weighted by Crippen LogP contribution is 2.13. The molecular weight excluding hydrogens is 192 g/mol. The number of carboxylic acids is 1. The third-order valence-corrected chi connectivity index (χ3v) is 2.33. The Kier molecular flexibility index (Phi) is 4.16. The summed E-state index contributed by atoms with van der Waals surface area (Å²) in [6.45, 7) is 4.90. The van der Waals surface area contributed by atoms with E-state index >= 15 is 0 Å². The molecule has 1 atom stereocenters. The Labute approximate surface area is 89.7 Å². The van der Waals surface area contributed by atoms with Crippen LogP contribution in [-0.2, 0) is 0 Å². The highest BCUT2D eigenvalue weighted by atomic mass is 16.5. The summed E-state index contributed by atoms with van der Waals surface area (Å²) in [5, 5.41) is 8.69. The number of benzene rings is 1. The lowest BCUT2D eigenvalue weighted by Crippen LogP contribution is -2.07. The molecule has 0 saturated heterocycles. The van der Waals surface area contributed by atoms with Crippen molar-refractivity contribution in [2.24, 2.45) is 5.92 Å². The number of carboxylic acid groups (broad SMARTS) is 1. The Morgan fingerprint density at radius 3 is 2.47 bits per heavy atom. The second-order valence-corrected chi connectivity index (χ2v) is 3.65. The lowest BCUT2D eigenvalue weighted by atomic mass is 10.1. The Bertz CT molecular complexity index is 316. The molecule has 3 nitrogen and oxygen atoms in total. The lowest BCUT2D eigenvalue weighted by Gasteiger charge is -2.10. The van der Waals surface area contributed by atoms with Crippen LogP contribution >= 0.6 is 0 Å². The molecule has 1 N–H and O–H groups in total. The fourth-order valence-electron chi connectivity index (χ4n) is 1.05. The molecule has 15 heavy (non-hydrogen) atoms. The number of aromatic carboxylic acids is 1. The zero-order valence-corrected chi connectivity index (χ0v) is 9.06. The second-order valence-electron chi connectivity index (χ2n) is 3.65. The van der Waals surface area contributed by atoms with Gasteiger partial charge < -0.3 is 9.84 Å². The minimum Gasteiger partial charge on any atom is -0.493 e. The monoisotopic (exact) mass is 208 g/mol. The average Bonchev–Trinajstić information content (AvgIpc) is 2.26. The van der Waals surface area contributed by atoms with Crippen molar-refractivity contribution in [3.63, 3.8) is 0 Å². The molecule has 0 aliphatic rings. The molecule has 0 aliphatic carbocycles. The van der Waals surface area contributed by atoms with Crippen LogP contribution < -0.4 is 4.74 Å². The molecule has 0 aliphatic heterocycles. The van der Waals surface area contributed by atoms with Crippen molar-refractivity contribution in [3.8, 4) is 5.75 Å². The van der Waals surface area contributed by atoms with Gasteiger partial charge in [-0.2, -0.15) is 0 Å². The molecule has 0 spiro atoms. The molecular formula is C12H16O3. The summed E-state index contributed by atoms with van der Waals surface area (Å²) in [6, 6.07) is 6.47. The zero-order chi connectivity index (χ0) is 11.3. The van der Waals surface area contributed by atoms with E-state index in [4.69, 9.17) is 9.84 Å². The van der Waals surface area contributed by atoms with Gasteiger partial charge in [-0.1, -0.05) is 20.3 Å². The molecule has 0 amide bonds. The first-order valence-electron chi connectivity index (χ1n) is 5.09. The van der Waals surface area contributed by atoms with Gasteiger partial charge in [0.05, 0.1) is 12.2 Å². The van der Waals surface area contributed by atoms with E-state index in [1.807, 2.05) is 0 Å². The van der Waals surface area contributed by atoms with Crippen LogP contribution in [0.2, 0.25) is 0 Å². The van der Waals surface area contributed by atoms with Gasteiger partial charge in [-0.25, -0.2) is 4.79 Å². The summed E-state index contributed by atoms with van der Waals surface area (Å²) in [5.74, 6) is 0.327. The molecule has 0 radical (unpaired) electrons. The van der Waals surface area contributed by atoms with Gasteiger partial charge in [0, 0.05) is 0 Å². The van der Waals surface area contributed by atoms with Crippen molar-refractivity contribution >= 4 is 5.97 Å². The summed E-state index contributed by atoms with van der Waals surface area (Å²) < 4.78 is 5.50. The maximum atomic E-state index is 10.6. The van der Waals surface area contributed by atoms with Crippen LogP contribution in [0.3, 0.4) is 0 Å². The normalized spacial score (nSPS) is 12.1. The molecule has 1 aromatic carbocycles. The van der Waals surface area contributed by atoms with Crippen molar-refractivity contribution in [2.45, 2.75) is 20.3 Å². The summed E-state index contributed by atoms with van der Waals surface area (Å²) in [7, 11) is 0. The van der Waals surface area contributed by atoms with Crippen molar-refractivity contribution in [1.82, 2.24) is 0 Å².